The number of imidazole rings is 1. The van der Waals surface area contributed by atoms with Gasteiger partial charge in [0, 0.05) is 36.5 Å². The van der Waals surface area contributed by atoms with Gasteiger partial charge >= 0.3 is 0 Å². The van der Waals surface area contributed by atoms with Crippen molar-refractivity contribution in [2.24, 2.45) is 5.92 Å². The van der Waals surface area contributed by atoms with Gasteiger partial charge in [0.25, 0.3) is 5.91 Å². The minimum atomic E-state index is -0.488. The van der Waals surface area contributed by atoms with Gasteiger partial charge in [-0.25, -0.2) is 14.5 Å². The van der Waals surface area contributed by atoms with Crippen LogP contribution in [0.5, 0.6) is 0 Å². The summed E-state index contributed by atoms with van der Waals surface area (Å²) in [6.07, 6.45) is 9.82. The molecule has 2 saturated carbocycles. The lowest BCUT2D eigenvalue weighted by Crippen LogP contribution is -2.45. The van der Waals surface area contributed by atoms with Crippen LogP contribution in [0.15, 0.2) is 30.6 Å². The van der Waals surface area contributed by atoms with Crippen LogP contribution in [0, 0.1) is 5.92 Å². The molecule has 0 unspecified atom stereocenters. The number of nitrogens with one attached hydrogen (secondary N) is 4. The maximum absolute atomic E-state index is 13.1. The van der Waals surface area contributed by atoms with E-state index in [1.165, 1.54) is 12.4 Å². The Morgan fingerprint density at radius 3 is 2.45 bits per heavy atom. The first-order chi connectivity index (χ1) is 18.2. The molecule has 0 aromatic carbocycles. The van der Waals surface area contributed by atoms with Gasteiger partial charge < -0.3 is 21.3 Å². The molecule has 3 aromatic heterocycles. The summed E-state index contributed by atoms with van der Waals surface area (Å²) < 4.78 is 1.59. The van der Waals surface area contributed by atoms with Crippen molar-refractivity contribution < 1.29 is 9.59 Å². The van der Waals surface area contributed by atoms with Crippen molar-refractivity contribution >= 4 is 46.1 Å². The average molecular weight is 539 g/mol. The molecule has 0 atom stereocenters. The van der Waals surface area contributed by atoms with Crippen molar-refractivity contribution in [2.75, 3.05) is 23.0 Å². The molecule has 1 amide bonds. The van der Waals surface area contributed by atoms with Crippen molar-refractivity contribution in [3.63, 3.8) is 0 Å². The molecule has 2 aliphatic rings. The molecule has 0 spiro atoms. The van der Waals surface area contributed by atoms with Crippen LogP contribution < -0.4 is 21.3 Å². The normalized spacial score (nSPS) is 19.8. The lowest BCUT2D eigenvalue weighted by molar-refractivity contribution is -0.125. The van der Waals surface area contributed by atoms with Crippen LogP contribution in [0.2, 0.25) is 5.15 Å². The number of nitrogens with zero attached hydrogens (tertiary/aromatic N) is 4. The Bertz CT molecular complexity index is 1330. The Labute approximate surface area is 227 Å². The number of aromatic nitrogens is 4. The van der Waals surface area contributed by atoms with Gasteiger partial charge in [-0.2, -0.15) is 0 Å². The number of pyridine rings is 1. The predicted molar refractivity (Wildman–Crippen MR) is 149 cm³/mol. The summed E-state index contributed by atoms with van der Waals surface area (Å²) in [7, 11) is 1.83. The van der Waals surface area contributed by atoms with Crippen LogP contribution in [0.4, 0.5) is 17.2 Å². The molecule has 10 nitrogen and oxygen atoms in total. The number of likely N-dealkylation sites (N-methyl/N-ethyl adjacent to an activating group) is 1. The number of Topliss-reactive ketones (excluding diaryl/α,β-unsaturated/α-hetero) is 1. The number of amides is 1. The maximum atomic E-state index is 13.1. The van der Waals surface area contributed by atoms with Crippen LogP contribution in [0.3, 0.4) is 0 Å². The van der Waals surface area contributed by atoms with E-state index in [0.717, 1.165) is 44.2 Å². The second-order valence-electron chi connectivity index (χ2n) is 10.9. The number of anilines is 3. The van der Waals surface area contributed by atoms with Gasteiger partial charge in [0.2, 0.25) is 0 Å². The number of ketones is 1. The SMILES string of the molecule is CNC(C)(C)C(=O)CC1CCC(Nc2cc(NC3CC3)c3ncc(C(=O)Nc4ccnc(Cl)c4)n3n2)CC1. The lowest BCUT2D eigenvalue weighted by Gasteiger charge is -2.31. The molecule has 0 saturated heterocycles. The minimum Gasteiger partial charge on any atom is -0.379 e. The standard InChI is InChI=1S/C27H35ClN8O2/c1-27(2,29-3)22(37)12-16-4-6-18(7-5-16)33-24-14-20(32-17-8-9-17)25-31-15-21(36(25)35-24)26(38)34-19-10-11-30-23(28)13-19/h10-11,13-18,29,32H,4-9,12H2,1-3H3,(H,33,35)(H,30,34,38). The highest BCUT2D eigenvalue weighted by Crippen LogP contribution is 2.32. The first kappa shape index (κ1) is 26.4. The molecular weight excluding hydrogens is 504 g/mol. The summed E-state index contributed by atoms with van der Waals surface area (Å²) in [6.45, 7) is 3.88. The molecule has 5 rings (SSSR count). The summed E-state index contributed by atoms with van der Waals surface area (Å²) in [4.78, 5) is 34.2. The van der Waals surface area contributed by atoms with E-state index in [1.54, 1.807) is 16.6 Å². The molecule has 3 aromatic rings. The van der Waals surface area contributed by atoms with Crippen LogP contribution in [0.25, 0.3) is 5.65 Å². The second kappa shape index (κ2) is 10.9. The molecule has 0 aliphatic heterocycles. The highest BCUT2D eigenvalue weighted by Gasteiger charge is 2.30. The molecule has 38 heavy (non-hydrogen) atoms. The van der Waals surface area contributed by atoms with Crippen LogP contribution in [-0.4, -0.2) is 55.9 Å². The molecule has 2 fully saturated rings. The van der Waals surface area contributed by atoms with Gasteiger partial charge in [0.15, 0.2) is 17.1 Å². The first-order valence-electron chi connectivity index (χ1n) is 13.3. The molecule has 4 N–H and O–H groups in total. The summed E-state index contributed by atoms with van der Waals surface area (Å²) in [5.74, 6) is 1.02. The zero-order valence-electron chi connectivity index (χ0n) is 22.1. The van der Waals surface area contributed by atoms with E-state index < -0.39 is 5.54 Å². The van der Waals surface area contributed by atoms with Crippen LogP contribution in [-0.2, 0) is 4.79 Å². The van der Waals surface area contributed by atoms with Gasteiger partial charge in [0.1, 0.15) is 11.0 Å². The Hall–Kier alpha value is -3.24. The fourth-order valence-corrected chi connectivity index (χ4v) is 4.97. The summed E-state index contributed by atoms with van der Waals surface area (Å²) in [5, 5.41) is 18.1. The lowest BCUT2D eigenvalue weighted by atomic mass is 9.80. The van der Waals surface area contributed by atoms with Crippen molar-refractivity contribution in [3.8, 4) is 0 Å². The number of carbonyl (C=O) groups excluding carboxylic acids is 2. The Balaban J connectivity index is 1.31. The number of fused-ring (bicyclic) bond motifs is 1. The minimum absolute atomic E-state index is 0.247. The molecule has 3 heterocycles. The highest BCUT2D eigenvalue weighted by atomic mass is 35.5. The molecule has 11 heteroatoms. The third-order valence-electron chi connectivity index (χ3n) is 7.62. The molecular formula is C27H35ClN8O2. The summed E-state index contributed by atoms with van der Waals surface area (Å²) in [5.41, 5.74) is 1.84. The molecule has 2 aliphatic carbocycles. The zero-order valence-corrected chi connectivity index (χ0v) is 22.8. The Morgan fingerprint density at radius 2 is 1.76 bits per heavy atom. The predicted octanol–water partition coefficient (Wildman–Crippen LogP) is 4.53. The van der Waals surface area contributed by atoms with E-state index in [4.69, 9.17) is 16.7 Å². The van der Waals surface area contributed by atoms with Crippen molar-refractivity contribution in [3.05, 3.63) is 41.4 Å². The topological polar surface area (TPSA) is 125 Å². The average Bonchev–Trinajstić information content (AvgIpc) is 3.60. The van der Waals surface area contributed by atoms with E-state index in [9.17, 15) is 9.59 Å². The third kappa shape index (κ3) is 6.07. The molecule has 0 bridgehead atoms. The number of hydrogen-bond donors (Lipinski definition) is 4. The van der Waals surface area contributed by atoms with Crippen molar-refractivity contribution in [2.45, 2.75) is 76.4 Å². The number of hydrogen-bond acceptors (Lipinski definition) is 8. The maximum Gasteiger partial charge on any atom is 0.276 e. The van der Waals surface area contributed by atoms with Gasteiger partial charge in [-0.05, 0) is 77.5 Å². The van der Waals surface area contributed by atoms with Crippen LogP contribution in [0.1, 0.15) is 69.3 Å². The monoisotopic (exact) mass is 538 g/mol. The Kier molecular flexibility index (Phi) is 7.54. The van der Waals surface area contributed by atoms with E-state index >= 15 is 0 Å². The van der Waals surface area contributed by atoms with Gasteiger partial charge in [-0.15, -0.1) is 5.10 Å². The number of carbonyl (C=O) groups is 2. The molecule has 202 valence electrons. The third-order valence-corrected chi connectivity index (χ3v) is 7.82. The number of rotatable bonds is 10. The van der Waals surface area contributed by atoms with Crippen molar-refractivity contribution in [1.82, 2.24) is 24.9 Å². The van der Waals surface area contributed by atoms with E-state index in [-0.39, 0.29) is 17.7 Å². The quantitative estimate of drug-likeness (QED) is 0.277. The number of halogens is 1. The summed E-state index contributed by atoms with van der Waals surface area (Å²) >= 11 is 5.97. The molecule has 0 radical (unpaired) electrons. The van der Waals surface area contributed by atoms with Gasteiger partial charge in [-0.1, -0.05) is 11.6 Å². The fraction of sp³-hybridized carbons (Fsp3) is 0.519. The van der Waals surface area contributed by atoms with E-state index in [0.29, 0.717) is 46.4 Å². The second-order valence-corrected chi connectivity index (χ2v) is 11.3. The first-order valence-corrected chi connectivity index (χ1v) is 13.7. The van der Waals surface area contributed by atoms with E-state index in [2.05, 4.69) is 31.2 Å². The smallest absolute Gasteiger partial charge is 0.276 e. The van der Waals surface area contributed by atoms with Gasteiger partial charge in [-0.3, -0.25) is 9.59 Å². The fourth-order valence-electron chi connectivity index (χ4n) is 4.80. The zero-order chi connectivity index (χ0) is 26.9. The largest absolute Gasteiger partial charge is 0.379 e. The van der Waals surface area contributed by atoms with Crippen molar-refractivity contribution in [1.29, 1.82) is 0 Å². The van der Waals surface area contributed by atoms with E-state index in [1.807, 2.05) is 27.0 Å². The highest BCUT2D eigenvalue weighted by molar-refractivity contribution is 6.29. The van der Waals surface area contributed by atoms with Gasteiger partial charge in [0.05, 0.1) is 17.4 Å². The Morgan fingerprint density at radius 1 is 1.05 bits per heavy atom. The van der Waals surface area contributed by atoms with Crippen LogP contribution >= 0.6 is 11.6 Å². The summed E-state index contributed by atoms with van der Waals surface area (Å²) in [6, 6.07) is 5.91.